The highest BCUT2D eigenvalue weighted by Crippen LogP contribution is 2.18. The predicted octanol–water partition coefficient (Wildman–Crippen LogP) is -0.0890. The van der Waals surface area contributed by atoms with Gasteiger partial charge in [-0.3, -0.25) is 19.3 Å². The number of carbonyl (C=O) groups is 3. The van der Waals surface area contributed by atoms with Crippen LogP contribution in [0.1, 0.15) is 26.2 Å². The van der Waals surface area contributed by atoms with Crippen molar-refractivity contribution < 1.29 is 14.4 Å². The summed E-state index contributed by atoms with van der Waals surface area (Å²) in [6, 6.07) is 0. The molecule has 0 aromatic rings. The maximum absolute atomic E-state index is 11.5. The van der Waals surface area contributed by atoms with E-state index in [9.17, 15) is 14.4 Å². The maximum Gasteiger partial charge on any atom is 0.232 e. The summed E-state index contributed by atoms with van der Waals surface area (Å²) in [4.78, 5) is 35.4. The number of likely N-dealkylation sites (tertiary alicyclic amines) is 1. The van der Waals surface area contributed by atoms with Crippen LogP contribution >= 0.6 is 0 Å². The SMILES string of the molecule is C#CCCNC(=O)CCN1C(=O)CC(C)C1=O. The number of rotatable bonds is 5. The second-order valence-corrected chi connectivity index (χ2v) is 4.04. The van der Waals surface area contributed by atoms with Crippen LogP contribution in [0, 0.1) is 18.3 Å². The number of terminal acetylenes is 1. The zero-order chi connectivity index (χ0) is 12.8. The molecule has 5 nitrogen and oxygen atoms in total. The third kappa shape index (κ3) is 3.59. The Kier molecular flexibility index (Phi) is 4.70. The summed E-state index contributed by atoms with van der Waals surface area (Å²) in [7, 11) is 0. The minimum Gasteiger partial charge on any atom is -0.355 e. The summed E-state index contributed by atoms with van der Waals surface area (Å²) >= 11 is 0. The van der Waals surface area contributed by atoms with Crippen molar-refractivity contribution in [3.8, 4) is 12.3 Å². The van der Waals surface area contributed by atoms with E-state index in [0.29, 0.717) is 13.0 Å². The highest BCUT2D eigenvalue weighted by atomic mass is 16.2. The lowest BCUT2D eigenvalue weighted by molar-refractivity contribution is -0.139. The second-order valence-electron chi connectivity index (χ2n) is 4.04. The number of nitrogens with one attached hydrogen (secondary N) is 1. The first-order chi connectivity index (χ1) is 8.06. The molecule has 1 heterocycles. The standard InChI is InChI=1S/C12H16N2O3/c1-3-4-6-13-10(15)5-7-14-11(16)8-9(2)12(14)17/h1,9H,4-8H2,2H3,(H,13,15). The molecule has 92 valence electrons. The van der Waals surface area contributed by atoms with E-state index in [2.05, 4.69) is 11.2 Å². The zero-order valence-electron chi connectivity index (χ0n) is 9.86. The van der Waals surface area contributed by atoms with Gasteiger partial charge >= 0.3 is 0 Å². The van der Waals surface area contributed by atoms with Crippen LogP contribution in [0.2, 0.25) is 0 Å². The first-order valence-corrected chi connectivity index (χ1v) is 5.60. The molecule has 1 fully saturated rings. The third-order valence-corrected chi connectivity index (χ3v) is 2.62. The van der Waals surface area contributed by atoms with Gasteiger partial charge in [0, 0.05) is 38.3 Å². The Labute approximate surface area is 101 Å². The fraction of sp³-hybridized carbons (Fsp3) is 0.583. The van der Waals surface area contributed by atoms with Gasteiger partial charge in [-0.1, -0.05) is 6.92 Å². The van der Waals surface area contributed by atoms with Crippen molar-refractivity contribution >= 4 is 17.7 Å². The van der Waals surface area contributed by atoms with E-state index >= 15 is 0 Å². The number of hydrogen-bond donors (Lipinski definition) is 1. The zero-order valence-corrected chi connectivity index (χ0v) is 9.86. The largest absolute Gasteiger partial charge is 0.355 e. The molecule has 1 rings (SSSR count). The molecule has 5 heteroatoms. The van der Waals surface area contributed by atoms with Crippen molar-refractivity contribution in [2.75, 3.05) is 13.1 Å². The summed E-state index contributed by atoms with van der Waals surface area (Å²) in [6.07, 6.45) is 5.90. The molecule has 0 spiro atoms. The molecular formula is C12H16N2O3. The molecule has 1 N–H and O–H groups in total. The monoisotopic (exact) mass is 236 g/mol. The normalized spacial score (nSPS) is 19.3. The van der Waals surface area contributed by atoms with Gasteiger partial charge in [0.25, 0.3) is 0 Å². The molecule has 1 saturated heterocycles. The van der Waals surface area contributed by atoms with Gasteiger partial charge < -0.3 is 5.32 Å². The Morgan fingerprint density at radius 1 is 1.59 bits per heavy atom. The van der Waals surface area contributed by atoms with E-state index < -0.39 is 0 Å². The molecular weight excluding hydrogens is 220 g/mol. The van der Waals surface area contributed by atoms with Crippen LogP contribution in [0.15, 0.2) is 0 Å². The molecule has 1 unspecified atom stereocenters. The highest BCUT2D eigenvalue weighted by molar-refractivity contribution is 6.03. The van der Waals surface area contributed by atoms with Gasteiger partial charge in [-0.25, -0.2) is 0 Å². The van der Waals surface area contributed by atoms with Crippen molar-refractivity contribution in [2.45, 2.75) is 26.2 Å². The minimum atomic E-state index is -0.257. The van der Waals surface area contributed by atoms with Gasteiger partial charge in [0.15, 0.2) is 0 Å². The Morgan fingerprint density at radius 3 is 2.82 bits per heavy atom. The van der Waals surface area contributed by atoms with E-state index in [4.69, 9.17) is 6.42 Å². The van der Waals surface area contributed by atoms with Crippen LogP contribution in [-0.4, -0.2) is 35.7 Å². The number of hydrogen-bond acceptors (Lipinski definition) is 3. The Morgan fingerprint density at radius 2 is 2.29 bits per heavy atom. The van der Waals surface area contributed by atoms with Crippen molar-refractivity contribution in [2.24, 2.45) is 5.92 Å². The highest BCUT2D eigenvalue weighted by Gasteiger charge is 2.35. The van der Waals surface area contributed by atoms with Crippen molar-refractivity contribution in [3.05, 3.63) is 0 Å². The molecule has 0 aliphatic carbocycles. The number of imide groups is 1. The summed E-state index contributed by atoms with van der Waals surface area (Å²) in [5.74, 6) is 1.57. The fourth-order valence-corrected chi connectivity index (χ4v) is 1.66. The quantitative estimate of drug-likeness (QED) is 0.412. The molecule has 1 atom stereocenters. The Bertz CT molecular complexity index is 370. The molecule has 0 aromatic heterocycles. The number of amides is 3. The lowest BCUT2D eigenvalue weighted by atomic mass is 10.1. The van der Waals surface area contributed by atoms with E-state index in [-0.39, 0.29) is 43.0 Å². The molecule has 0 bridgehead atoms. The van der Waals surface area contributed by atoms with Gasteiger partial charge in [0.1, 0.15) is 0 Å². The summed E-state index contributed by atoms with van der Waals surface area (Å²) in [5, 5.41) is 2.62. The van der Waals surface area contributed by atoms with Crippen LogP contribution in [0.4, 0.5) is 0 Å². The molecule has 0 saturated carbocycles. The molecule has 1 aliphatic rings. The van der Waals surface area contributed by atoms with Gasteiger partial charge in [-0.15, -0.1) is 12.3 Å². The average molecular weight is 236 g/mol. The smallest absolute Gasteiger partial charge is 0.232 e. The van der Waals surface area contributed by atoms with E-state index in [1.165, 1.54) is 0 Å². The molecule has 17 heavy (non-hydrogen) atoms. The second kappa shape index (κ2) is 6.04. The molecule has 3 amide bonds. The summed E-state index contributed by atoms with van der Waals surface area (Å²) in [5.41, 5.74) is 0. The van der Waals surface area contributed by atoms with Crippen molar-refractivity contribution in [1.29, 1.82) is 0 Å². The van der Waals surface area contributed by atoms with Crippen LogP contribution in [0.5, 0.6) is 0 Å². The molecule has 0 radical (unpaired) electrons. The maximum atomic E-state index is 11.5. The number of nitrogens with zero attached hydrogens (tertiary/aromatic N) is 1. The Balaban J connectivity index is 2.31. The summed E-state index contributed by atoms with van der Waals surface area (Å²) in [6.45, 7) is 2.30. The number of carbonyl (C=O) groups excluding carboxylic acids is 3. The minimum absolute atomic E-state index is 0.134. The predicted molar refractivity (Wildman–Crippen MR) is 61.6 cm³/mol. The van der Waals surface area contributed by atoms with Crippen LogP contribution < -0.4 is 5.32 Å². The topological polar surface area (TPSA) is 66.5 Å². The lowest BCUT2D eigenvalue weighted by Crippen LogP contribution is -2.35. The Hall–Kier alpha value is -1.83. The average Bonchev–Trinajstić information content (AvgIpc) is 2.51. The van der Waals surface area contributed by atoms with Crippen molar-refractivity contribution in [1.82, 2.24) is 10.2 Å². The van der Waals surface area contributed by atoms with Crippen LogP contribution in [-0.2, 0) is 14.4 Å². The van der Waals surface area contributed by atoms with Gasteiger partial charge in [0.05, 0.1) is 0 Å². The molecule has 1 aliphatic heterocycles. The van der Waals surface area contributed by atoms with E-state index in [1.807, 2.05) is 0 Å². The lowest BCUT2D eigenvalue weighted by Gasteiger charge is -2.13. The van der Waals surface area contributed by atoms with Gasteiger partial charge in [0.2, 0.25) is 17.7 Å². The van der Waals surface area contributed by atoms with E-state index in [0.717, 1.165) is 4.90 Å². The summed E-state index contributed by atoms with van der Waals surface area (Å²) < 4.78 is 0. The molecule has 0 aromatic carbocycles. The van der Waals surface area contributed by atoms with Crippen molar-refractivity contribution in [3.63, 3.8) is 0 Å². The first kappa shape index (κ1) is 13.2. The van der Waals surface area contributed by atoms with Gasteiger partial charge in [-0.05, 0) is 0 Å². The van der Waals surface area contributed by atoms with E-state index in [1.54, 1.807) is 6.92 Å². The van der Waals surface area contributed by atoms with Crippen LogP contribution in [0.25, 0.3) is 0 Å². The van der Waals surface area contributed by atoms with Gasteiger partial charge in [-0.2, -0.15) is 0 Å². The third-order valence-electron chi connectivity index (χ3n) is 2.62. The first-order valence-electron chi connectivity index (χ1n) is 5.60. The van der Waals surface area contributed by atoms with Crippen LogP contribution in [0.3, 0.4) is 0 Å². The fourth-order valence-electron chi connectivity index (χ4n) is 1.66.